The summed E-state index contributed by atoms with van der Waals surface area (Å²) in [6.45, 7) is 11.6. The van der Waals surface area contributed by atoms with Crippen LogP contribution in [0.25, 0.3) is 0 Å². The van der Waals surface area contributed by atoms with E-state index in [1.165, 1.54) is 0 Å². The van der Waals surface area contributed by atoms with Crippen LogP contribution < -0.4 is 0 Å². The zero-order valence-corrected chi connectivity index (χ0v) is 14.9. The number of carbonyl (C=O) groups excluding carboxylic acids is 1. The fourth-order valence-electron chi connectivity index (χ4n) is 1.59. The molecule has 0 spiro atoms. The minimum Gasteiger partial charge on any atom is -0.457 e. The van der Waals surface area contributed by atoms with Gasteiger partial charge in [-0.2, -0.15) is 0 Å². The van der Waals surface area contributed by atoms with E-state index in [0.29, 0.717) is 12.2 Å². The van der Waals surface area contributed by atoms with Crippen LogP contribution in [0.2, 0.25) is 0 Å². The van der Waals surface area contributed by atoms with Crippen LogP contribution >= 0.6 is 0 Å². The maximum atomic E-state index is 11.8. The lowest BCUT2D eigenvalue weighted by molar-refractivity contribution is -0.143. The molecule has 0 aromatic heterocycles. The van der Waals surface area contributed by atoms with Crippen LogP contribution in [0.15, 0.2) is 12.2 Å². The standard InChI is InChI=1S/C15H29O5Si/c1-7-9-10-11-14(19-15(16)12(3)4)21(18-8-2)20-13(5)17-6/h13-14H,3,7-11H2,1-2,4-6H3. The Morgan fingerprint density at radius 1 is 1.29 bits per heavy atom. The van der Waals surface area contributed by atoms with Crippen LogP contribution in [0.4, 0.5) is 0 Å². The summed E-state index contributed by atoms with van der Waals surface area (Å²) in [6, 6.07) is 0. The van der Waals surface area contributed by atoms with Gasteiger partial charge in [0, 0.05) is 19.3 Å². The quantitative estimate of drug-likeness (QED) is 0.182. The number of ether oxygens (including phenoxy) is 2. The molecule has 1 radical (unpaired) electrons. The first-order valence-electron chi connectivity index (χ1n) is 7.51. The molecule has 0 rings (SSSR count). The molecule has 5 nitrogen and oxygen atoms in total. The first-order valence-corrected chi connectivity index (χ1v) is 8.91. The van der Waals surface area contributed by atoms with Gasteiger partial charge in [0.2, 0.25) is 0 Å². The SMILES string of the molecule is C=C(C)C(=O)OC(CCCCC)[Si](OCC)OC(C)OC. The van der Waals surface area contributed by atoms with Gasteiger partial charge in [-0.15, -0.1) is 0 Å². The molecule has 0 aromatic rings. The monoisotopic (exact) mass is 317 g/mol. The Labute approximate surface area is 130 Å². The average Bonchev–Trinajstić information content (AvgIpc) is 2.45. The molecule has 0 aromatic carbocycles. The Balaban J connectivity index is 4.80. The van der Waals surface area contributed by atoms with Gasteiger partial charge in [0.25, 0.3) is 0 Å². The highest BCUT2D eigenvalue weighted by atomic mass is 28.3. The number of carbonyl (C=O) groups is 1. The van der Waals surface area contributed by atoms with Crippen LogP contribution in [0.5, 0.6) is 0 Å². The normalized spacial score (nSPS) is 14.0. The summed E-state index contributed by atoms with van der Waals surface area (Å²) in [4.78, 5) is 11.8. The fraction of sp³-hybridized carbons (Fsp3) is 0.800. The summed E-state index contributed by atoms with van der Waals surface area (Å²) >= 11 is 0. The number of methoxy groups -OCH3 is 1. The minimum absolute atomic E-state index is 0.358. The largest absolute Gasteiger partial charge is 0.457 e. The molecule has 0 saturated heterocycles. The molecular formula is C15H29O5Si. The number of unbranched alkanes of at least 4 members (excludes halogenated alkanes) is 2. The van der Waals surface area contributed by atoms with Gasteiger partial charge in [-0.25, -0.2) is 4.79 Å². The second-order valence-corrected chi connectivity index (χ2v) is 6.65. The second-order valence-electron chi connectivity index (χ2n) is 4.84. The molecule has 0 aliphatic heterocycles. The van der Waals surface area contributed by atoms with Crippen molar-refractivity contribution in [2.75, 3.05) is 13.7 Å². The summed E-state index contributed by atoms with van der Waals surface area (Å²) in [6.07, 6.45) is 3.51. The highest BCUT2D eigenvalue weighted by molar-refractivity contribution is 6.46. The maximum Gasteiger partial charge on any atom is 0.431 e. The van der Waals surface area contributed by atoms with E-state index in [2.05, 4.69) is 13.5 Å². The van der Waals surface area contributed by atoms with Crippen LogP contribution in [0, 0.1) is 0 Å². The minimum atomic E-state index is -1.76. The highest BCUT2D eigenvalue weighted by Crippen LogP contribution is 2.15. The molecule has 2 unspecified atom stereocenters. The second kappa shape index (κ2) is 11.9. The summed E-state index contributed by atoms with van der Waals surface area (Å²) in [5, 5.41) is 0. The molecule has 6 heteroatoms. The van der Waals surface area contributed by atoms with E-state index >= 15 is 0 Å². The van der Waals surface area contributed by atoms with Crippen molar-refractivity contribution in [3.05, 3.63) is 12.2 Å². The molecule has 0 aliphatic rings. The van der Waals surface area contributed by atoms with Crippen molar-refractivity contribution < 1.29 is 23.1 Å². The van der Waals surface area contributed by atoms with Crippen molar-refractivity contribution in [1.82, 2.24) is 0 Å². The summed E-state index contributed by atoms with van der Waals surface area (Å²) in [5.41, 5.74) is 0.0245. The lowest BCUT2D eigenvalue weighted by Crippen LogP contribution is -2.43. The van der Waals surface area contributed by atoms with Crippen molar-refractivity contribution in [1.29, 1.82) is 0 Å². The molecule has 0 heterocycles. The third-order valence-corrected chi connectivity index (χ3v) is 4.90. The van der Waals surface area contributed by atoms with Gasteiger partial charge in [0.15, 0.2) is 0 Å². The zero-order chi connectivity index (χ0) is 16.3. The Kier molecular flexibility index (Phi) is 11.5. The molecule has 0 fully saturated rings. The molecular weight excluding hydrogens is 288 g/mol. The van der Waals surface area contributed by atoms with Gasteiger partial charge in [0.05, 0.1) is 0 Å². The maximum absolute atomic E-state index is 11.8. The summed E-state index contributed by atoms with van der Waals surface area (Å²) < 4.78 is 22.1. The fourth-order valence-corrected chi connectivity index (χ4v) is 3.35. The van der Waals surface area contributed by atoms with Crippen molar-refractivity contribution >= 4 is 15.3 Å². The van der Waals surface area contributed by atoms with Gasteiger partial charge in [-0.1, -0.05) is 26.3 Å². The zero-order valence-electron chi connectivity index (χ0n) is 13.9. The van der Waals surface area contributed by atoms with E-state index in [-0.39, 0.29) is 12.0 Å². The molecule has 0 N–H and O–H groups in total. The van der Waals surface area contributed by atoms with E-state index in [4.69, 9.17) is 18.3 Å². The Morgan fingerprint density at radius 2 is 1.95 bits per heavy atom. The third-order valence-electron chi connectivity index (χ3n) is 2.83. The van der Waals surface area contributed by atoms with E-state index in [0.717, 1.165) is 25.7 Å². The molecule has 0 saturated carbocycles. The van der Waals surface area contributed by atoms with Gasteiger partial charge < -0.3 is 18.3 Å². The highest BCUT2D eigenvalue weighted by Gasteiger charge is 2.33. The van der Waals surface area contributed by atoms with Gasteiger partial charge >= 0.3 is 15.3 Å². The molecule has 21 heavy (non-hydrogen) atoms. The van der Waals surface area contributed by atoms with Gasteiger partial charge in [-0.05, 0) is 33.6 Å². The summed E-state index contributed by atoms with van der Waals surface area (Å²) in [7, 11) is -0.191. The predicted octanol–water partition coefficient (Wildman–Crippen LogP) is 3.13. The van der Waals surface area contributed by atoms with Crippen LogP contribution in [0.3, 0.4) is 0 Å². The molecule has 2 atom stereocenters. The topological polar surface area (TPSA) is 54.0 Å². The Bertz CT molecular complexity index is 308. The lowest BCUT2D eigenvalue weighted by atomic mass is 10.2. The lowest BCUT2D eigenvalue weighted by Gasteiger charge is -2.26. The number of hydrogen-bond acceptors (Lipinski definition) is 5. The van der Waals surface area contributed by atoms with Crippen LogP contribution in [0.1, 0.15) is 53.4 Å². The van der Waals surface area contributed by atoms with Crippen LogP contribution in [-0.4, -0.2) is 41.0 Å². The van der Waals surface area contributed by atoms with E-state index in [1.807, 2.05) is 6.92 Å². The van der Waals surface area contributed by atoms with E-state index in [1.54, 1.807) is 21.0 Å². The number of rotatable bonds is 12. The third kappa shape index (κ3) is 9.03. The van der Waals surface area contributed by atoms with Crippen LogP contribution in [-0.2, 0) is 23.1 Å². The first-order chi connectivity index (χ1) is 9.96. The average molecular weight is 317 g/mol. The van der Waals surface area contributed by atoms with E-state index in [9.17, 15) is 4.79 Å². The van der Waals surface area contributed by atoms with Crippen molar-refractivity contribution in [3.63, 3.8) is 0 Å². The van der Waals surface area contributed by atoms with Crippen molar-refractivity contribution in [3.8, 4) is 0 Å². The molecule has 0 bridgehead atoms. The van der Waals surface area contributed by atoms with E-state index < -0.39 is 15.3 Å². The first kappa shape index (κ1) is 20.3. The van der Waals surface area contributed by atoms with Gasteiger partial charge in [-0.3, -0.25) is 0 Å². The smallest absolute Gasteiger partial charge is 0.431 e. The molecule has 0 aliphatic carbocycles. The molecule has 123 valence electrons. The number of hydrogen-bond donors (Lipinski definition) is 0. The van der Waals surface area contributed by atoms with Gasteiger partial charge in [0.1, 0.15) is 12.0 Å². The predicted molar refractivity (Wildman–Crippen MR) is 83.8 cm³/mol. The number of esters is 1. The van der Waals surface area contributed by atoms with Crippen molar-refractivity contribution in [2.45, 2.75) is 65.4 Å². The summed E-state index contributed by atoms with van der Waals surface area (Å²) in [5.74, 6) is -0.396. The Hall–Kier alpha value is -0.693. The Morgan fingerprint density at radius 3 is 2.43 bits per heavy atom. The molecule has 0 amide bonds. The van der Waals surface area contributed by atoms with Crippen molar-refractivity contribution in [2.24, 2.45) is 0 Å².